The molecule has 0 aromatic heterocycles. The minimum atomic E-state index is -4.40. The molecule has 0 amide bonds. The van der Waals surface area contributed by atoms with Crippen LogP contribution in [0.2, 0.25) is 5.02 Å². The van der Waals surface area contributed by atoms with Gasteiger partial charge in [-0.25, -0.2) is 0 Å². The Morgan fingerprint density at radius 3 is 2.58 bits per heavy atom. The number of ether oxygens (including phenoxy) is 1. The third-order valence-electron chi connectivity index (χ3n) is 2.83. The van der Waals surface area contributed by atoms with Crippen molar-refractivity contribution in [2.45, 2.75) is 32.5 Å². The Kier molecular flexibility index (Phi) is 3.81. The minimum absolute atomic E-state index is 0.241. The smallest absolute Gasteiger partial charge is 0.429 e. The van der Waals surface area contributed by atoms with E-state index in [2.05, 4.69) is 0 Å². The number of benzene rings is 1. The zero-order valence-electron chi connectivity index (χ0n) is 10.6. The van der Waals surface area contributed by atoms with Gasteiger partial charge in [-0.05, 0) is 36.1 Å². The highest BCUT2D eigenvalue weighted by Gasteiger charge is 2.41. The Morgan fingerprint density at radius 2 is 2.00 bits per heavy atom. The molecule has 1 atom stereocenters. The standard InChI is InChI=1S/C14H14ClF3O/c1-8(2)5-10-7-12-9(6-11(10)15)3-4-13(19-12)14(16,17)18/h3-4,6-8,13H,5H2,1-2H3/t13-/m1/s1. The molecule has 0 saturated heterocycles. The van der Waals surface area contributed by atoms with Crippen molar-refractivity contribution in [2.75, 3.05) is 0 Å². The van der Waals surface area contributed by atoms with Crippen molar-refractivity contribution < 1.29 is 17.9 Å². The molecule has 0 spiro atoms. The summed E-state index contributed by atoms with van der Waals surface area (Å²) in [6.45, 7) is 4.05. The van der Waals surface area contributed by atoms with Gasteiger partial charge in [0.05, 0.1) is 0 Å². The number of alkyl halides is 3. The Morgan fingerprint density at radius 1 is 1.32 bits per heavy atom. The van der Waals surface area contributed by atoms with Gasteiger partial charge >= 0.3 is 6.18 Å². The molecule has 0 radical (unpaired) electrons. The van der Waals surface area contributed by atoms with Crippen LogP contribution in [0.5, 0.6) is 5.75 Å². The summed E-state index contributed by atoms with van der Waals surface area (Å²) in [4.78, 5) is 0. The van der Waals surface area contributed by atoms with Crippen LogP contribution in [-0.4, -0.2) is 12.3 Å². The second kappa shape index (κ2) is 5.08. The van der Waals surface area contributed by atoms with Gasteiger partial charge in [0.25, 0.3) is 0 Å². The molecule has 0 N–H and O–H groups in total. The third-order valence-corrected chi connectivity index (χ3v) is 3.19. The molecule has 1 aliphatic heterocycles. The normalized spacial score (nSPS) is 18.4. The van der Waals surface area contributed by atoms with Crippen LogP contribution in [0.25, 0.3) is 6.08 Å². The minimum Gasteiger partial charge on any atom is -0.476 e. The maximum absolute atomic E-state index is 12.6. The summed E-state index contributed by atoms with van der Waals surface area (Å²) in [5, 5.41) is 0.561. The lowest BCUT2D eigenvalue weighted by atomic mass is 9.99. The van der Waals surface area contributed by atoms with Crippen LogP contribution in [0.3, 0.4) is 0 Å². The Hall–Kier alpha value is -1.16. The molecule has 0 bridgehead atoms. The summed E-state index contributed by atoms with van der Waals surface area (Å²) in [5.41, 5.74) is 1.39. The third kappa shape index (κ3) is 3.24. The van der Waals surface area contributed by atoms with E-state index >= 15 is 0 Å². The van der Waals surface area contributed by atoms with Crippen molar-refractivity contribution in [3.05, 3.63) is 34.4 Å². The fraction of sp³-hybridized carbons (Fsp3) is 0.429. The highest BCUT2D eigenvalue weighted by molar-refractivity contribution is 6.31. The summed E-state index contributed by atoms with van der Waals surface area (Å²) in [7, 11) is 0. The van der Waals surface area contributed by atoms with Crippen LogP contribution in [0, 0.1) is 5.92 Å². The first kappa shape index (κ1) is 14.3. The van der Waals surface area contributed by atoms with E-state index in [4.69, 9.17) is 16.3 Å². The van der Waals surface area contributed by atoms with E-state index < -0.39 is 12.3 Å². The van der Waals surface area contributed by atoms with Gasteiger partial charge in [-0.2, -0.15) is 13.2 Å². The molecule has 5 heteroatoms. The molecule has 1 aromatic rings. The summed E-state index contributed by atoms with van der Waals surface area (Å²) in [5.74, 6) is 0.609. The quantitative estimate of drug-likeness (QED) is 0.754. The van der Waals surface area contributed by atoms with Gasteiger partial charge < -0.3 is 4.74 Å². The first-order chi connectivity index (χ1) is 8.77. The van der Waals surface area contributed by atoms with Crippen molar-refractivity contribution in [2.24, 2.45) is 5.92 Å². The summed E-state index contributed by atoms with van der Waals surface area (Å²) >= 11 is 6.12. The molecular weight excluding hydrogens is 277 g/mol. The van der Waals surface area contributed by atoms with Crippen LogP contribution in [0.15, 0.2) is 18.2 Å². The molecule has 0 saturated carbocycles. The van der Waals surface area contributed by atoms with Gasteiger partial charge in [0.15, 0.2) is 0 Å². The molecule has 2 rings (SSSR count). The van der Waals surface area contributed by atoms with Gasteiger partial charge in [-0.15, -0.1) is 0 Å². The van der Waals surface area contributed by atoms with E-state index in [0.29, 0.717) is 22.9 Å². The number of hydrogen-bond donors (Lipinski definition) is 0. The topological polar surface area (TPSA) is 9.23 Å². The van der Waals surface area contributed by atoms with Crippen LogP contribution >= 0.6 is 11.6 Å². The van der Waals surface area contributed by atoms with E-state index in [0.717, 1.165) is 11.6 Å². The predicted octanol–water partition coefficient (Wildman–Crippen LogP) is 4.88. The van der Waals surface area contributed by atoms with Crippen LogP contribution < -0.4 is 4.74 Å². The molecule has 0 aliphatic carbocycles. The second-order valence-electron chi connectivity index (χ2n) is 5.02. The largest absolute Gasteiger partial charge is 0.476 e. The van der Waals surface area contributed by atoms with Crippen LogP contribution in [-0.2, 0) is 6.42 Å². The summed E-state index contributed by atoms with van der Waals surface area (Å²) in [6, 6.07) is 3.26. The fourth-order valence-corrected chi connectivity index (χ4v) is 2.23. The van der Waals surface area contributed by atoms with Crippen LogP contribution in [0.1, 0.15) is 25.0 Å². The Balaban J connectivity index is 2.33. The molecule has 19 heavy (non-hydrogen) atoms. The summed E-state index contributed by atoms with van der Waals surface area (Å²) < 4.78 is 42.9. The lowest BCUT2D eigenvalue weighted by Crippen LogP contribution is -2.33. The first-order valence-electron chi connectivity index (χ1n) is 6.01. The molecular formula is C14H14ClF3O. The van der Waals surface area contributed by atoms with Crippen LogP contribution in [0.4, 0.5) is 13.2 Å². The second-order valence-corrected chi connectivity index (χ2v) is 5.43. The molecule has 0 unspecified atom stereocenters. The number of rotatable bonds is 2. The van der Waals surface area contributed by atoms with Gasteiger partial charge in [-0.3, -0.25) is 0 Å². The van der Waals surface area contributed by atoms with E-state index in [9.17, 15) is 13.2 Å². The average Bonchev–Trinajstić information content (AvgIpc) is 2.27. The zero-order chi connectivity index (χ0) is 14.2. The number of hydrogen-bond acceptors (Lipinski definition) is 1. The molecule has 1 heterocycles. The maximum atomic E-state index is 12.6. The Bertz CT molecular complexity index is 506. The average molecular weight is 291 g/mol. The number of fused-ring (bicyclic) bond motifs is 1. The van der Waals surface area contributed by atoms with Gasteiger partial charge in [0.2, 0.25) is 6.10 Å². The van der Waals surface area contributed by atoms with Crippen molar-refractivity contribution in [1.29, 1.82) is 0 Å². The molecule has 104 valence electrons. The van der Waals surface area contributed by atoms with E-state index in [1.165, 1.54) is 6.08 Å². The molecule has 1 aliphatic rings. The lowest BCUT2D eigenvalue weighted by Gasteiger charge is -2.24. The number of halogens is 4. The lowest BCUT2D eigenvalue weighted by molar-refractivity contribution is -0.180. The van der Waals surface area contributed by atoms with E-state index in [1.54, 1.807) is 12.1 Å². The Labute approximate surface area is 115 Å². The first-order valence-corrected chi connectivity index (χ1v) is 6.39. The highest BCUT2D eigenvalue weighted by atomic mass is 35.5. The maximum Gasteiger partial charge on any atom is 0.429 e. The monoisotopic (exact) mass is 290 g/mol. The summed E-state index contributed by atoms with van der Waals surface area (Å²) in [6.07, 6.45) is -3.17. The van der Waals surface area contributed by atoms with Crippen molar-refractivity contribution >= 4 is 17.7 Å². The van der Waals surface area contributed by atoms with Crippen molar-refractivity contribution in [1.82, 2.24) is 0 Å². The predicted molar refractivity (Wildman–Crippen MR) is 69.5 cm³/mol. The van der Waals surface area contributed by atoms with Gasteiger partial charge in [-0.1, -0.05) is 31.5 Å². The van der Waals surface area contributed by atoms with Crippen molar-refractivity contribution in [3.63, 3.8) is 0 Å². The molecule has 1 aromatic carbocycles. The zero-order valence-corrected chi connectivity index (χ0v) is 11.3. The molecule has 0 fully saturated rings. The van der Waals surface area contributed by atoms with Gasteiger partial charge in [0, 0.05) is 10.6 Å². The highest BCUT2D eigenvalue weighted by Crippen LogP contribution is 2.36. The molecule has 1 nitrogen and oxygen atoms in total. The van der Waals surface area contributed by atoms with Gasteiger partial charge in [0.1, 0.15) is 5.75 Å². The van der Waals surface area contributed by atoms with E-state index in [1.807, 2.05) is 13.8 Å². The fourth-order valence-electron chi connectivity index (χ4n) is 1.98. The van der Waals surface area contributed by atoms with Crippen molar-refractivity contribution in [3.8, 4) is 5.75 Å². The SMILES string of the molecule is CC(C)Cc1cc2c(cc1Cl)C=C[C@H](C(F)(F)F)O2. The van der Waals surface area contributed by atoms with E-state index in [-0.39, 0.29) is 5.75 Å².